The molecular formula is C64H42N4O. The molecule has 2 unspecified atom stereocenters. The second-order valence-corrected chi connectivity index (χ2v) is 18.9. The van der Waals surface area contributed by atoms with Crippen molar-refractivity contribution >= 4 is 40.2 Å². The molecule has 0 fully saturated rings. The number of furan rings is 1. The van der Waals surface area contributed by atoms with Gasteiger partial charge < -0.3 is 4.42 Å². The van der Waals surface area contributed by atoms with E-state index >= 15 is 0 Å². The van der Waals surface area contributed by atoms with Gasteiger partial charge in [0.25, 0.3) is 0 Å². The van der Waals surface area contributed by atoms with E-state index in [2.05, 4.69) is 205 Å². The summed E-state index contributed by atoms with van der Waals surface area (Å²) in [6, 6.07) is 69.8. The molecule has 3 heterocycles. The van der Waals surface area contributed by atoms with Gasteiger partial charge in [-0.25, -0.2) is 4.98 Å². The minimum Gasteiger partial charge on any atom is -0.456 e. The zero-order chi connectivity index (χ0) is 45.2. The van der Waals surface area contributed by atoms with Gasteiger partial charge in [-0.15, -0.1) is 0 Å². The molecular weight excluding hydrogens is 841 g/mol. The van der Waals surface area contributed by atoms with Gasteiger partial charge in [0.15, 0.2) is 11.6 Å². The van der Waals surface area contributed by atoms with Gasteiger partial charge in [-0.2, -0.15) is 9.97 Å². The lowest BCUT2D eigenvalue weighted by atomic mass is 9.65. The Kier molecular flexibility index (Phi) is 8.17. The Bertz CT molecular complexity index is 4060. The molecule has 2 atom stereocenters. The second kappa shape index (κ2) is 14.7. The topological polar surface area (TPSA) is 56.7 Å². The average Bonchev–Trinajstić information content (AvgIpc) is 4.13. The maximum Gasteiger partial charge on any atom is 0.238 e. The molecule has 0 saturated carbocycles. The first-order valence-electron chi connectivity index (χ1n) is 24.1. The third kappa shape index (κ3) is 5.56. The lowest BCUT2D eigenvalue weighted by Gasteiger charge is -2.36. The summed E-state index contributed by atoms with van der Waals surface area (Å²) in [7, 11) is 0. The number of hydrogen-bond donors (Lipinski definition) is 0. The summed E-state index contributed by atoms with van der Waals surface area (Å²) in [5.74, 6) is 2.16. The van der Waals surface area contributed by atoms with Crippen LogP contribution in [0.3, 0.4) is 0 Å². The molecule has 324 valence electrons. The van der Waals surface area contributed by atoms with Crippen LogP contribution >= 0.6 is 0 Å². The molecule has 1 spiro atoms. The lowest BCUT2D eigenvalue weighted by Crippen LogP contribution is -2.40. The molecule has 5 nitrogen and oxygen atoms in total. The SMILES string of the molecule is C1=Cc2c(n(-c3nc(-c4ccccc4)nc(-c4ccc5c(c4)oc4cc(-c6cccc(-c7ccccc7)c6)ccc45)n3)c3c2=CC2C(C=3)c3ccccc3C23c2ccccc2-c2ccccc23)CC1. The number of benzene rings is 8. The maximum absolute atomic E-state index is 6.72. The number of allylic oxidation sites excluding steroid dienone is 1. The molecule has 8 aromatic carbocycles. The van der Waals surface area contributed by atoms with Crippen molar-refractivity contribution in [2.45, 2.75) is 24.2 Å². The molecule has 4 aliphatic rings. The Balaban J connectivity index is 0.903. The van der Waals surface area contributed by atoms with Crippen molar-refractivity contribution in [1.82, 2.24) is 19.5 Å². The van der Waals surface area contributed by atoms with E-state index in [9.17, 15) is 0 Å². The van der Waals surface area contributed by atoms with Crippen LogP contribution in [0.2, 0.25) is 0 Å². The maximum atomic E-state index is 6.72. The van der Waals surface area contributed by atoms with Gasteiger partial charge in [0.2, 0.25) is 5.95 Å². The fourth-order valence-corrected chi connectivity index (χ4v) is 12.5. The molecule has 11 aromatic rings. The molecule has 3 aromatic heterocycles. The Morgan fingerprint density at radius 1 is 0.493 bits per heavy atom. The summed E-state index contributed by atoms with van der Waals surface area (Å²) in [5.41, 5.74) is 18.5. The number of rotatable bonds is 5. The van der Waals surface area contributed by atoms with E-state index in [-0.39, 0.29) is 17.3 Å². The summed E-state index contributed by atoms with van der Waals surface area (Å²) in [5, 5.41) is 4.53. The highest BCUT2D eigenvalue weighted by Gasteiger charge is 2.57. The van der Waals surface area contributed by atoms with Crippen molar-refractivity contribution in [1.29, 1.82) is 0 Å². The van der Waals surface area contributed by atoms with Crippen LogP contribution in [-0.4, -0.2) is 19.5 Å². The molecule has 0 bridgehead atoms. The summed E-state index contributed by atoms with van der Waals surface area (Å²) in [6.45, 7) is 0. The van der Waals surface area contributed by atoms with E-state index in [0.29, 0.717) is 17.6 Å². The average molecular weight is 883 g/mol. The van der Waals surface area contributed by atoms with Gasteiger partial charge in [-0.05, 0) is 98.8 Å². The fraction of sp³-hybridized carbons (Fsp3) is 0.0781. The fourth-order valence-electron chi connectivity index (χ4n) is 12.5. The normalized spacial score (nSPS) is 16.6. The van der Waals surface area contributed by atoms with Crippen LogP contribution in [0, 0.1) is 5.92 Å². The summed E-state index contributed by atoms with van der Waals surface area (Å²) < 4.78 is 9.07. The molecule has 4 aliphatic carbocycles. The molecule has 0 saturated heterocycles. The molecule has 15 rings (SSSR count). The zero-order valence-corrected chi connectivity index (χ0v) is 37.6. The van der Waals surface area contributed by atoms with Gasteiger partial charge >= 0.3 is 0 Å². The Labute approximate surface area is 398 Å². The first-order chi connectivity index (χ1) is 34.2. The van der Waals surface area contributed by atoms with Crippen LogP contribution in [-0.2, 0) is 11.8 Å². The second-order valence-electron chi connectivity index (χ2n) is 18.9. The van der Waals surface area contributed by atoms with E-state index in [4.69, 9.17) is 19.4 Å². The van der Waals surface area contributed by atoms with Crippen LogP contribution in [0.25, 0.3) is 102 Å². The van der Waals surface area contributed by atoms with Crippen LogP contribution in [0.1, 0.15) is 45.8 Å². The van der Waals surface area contributed by atoms with Crippen molar-refractivity contribution in [2.75, 3.05) is 0 Å². The number of fused-ring (bicyclic) bond motifs is 16. The van der Waals surface area contributed by atoms with Gasteiger partial charge in [-0.3, -0.25) is 4.57 Å². The van der Waals surface area contributed by atoms with Crippen molar-refractivity contribution in [3.05, 3.63) is 244 Å². The predicted octanol–water partition coefficient (Wildman–Crippen LogP) is 13.5. The molecule has 5 heteroatoms. The van der Waals surface area contributed by atoms with E-state index in [1.807, 2.05) is 18.2 Å². The van der Waals surface area contributed by atoms with Crippen molar-refractivity contribution in [2.24, 2.45) is 5.92 Å². The Hall–Kier alpha value is -8.67. The molecule has 0 amide bonds. The van der Waals surface area contributed by atoms with Crippen molar-refractivity contribution in [3.63, 3.8) is 0 Å². The Morgan fingerprint density at radius 3 is 1.81 bits per heavy atom. The molecule has 0 radical (unpaired) electrons. The number of nitrogens with zero attached hydrogens (tertiary/aromatic N) is 4. The van der Waals surface area contributed by atoms with Gasteiger partial charge in [0.1, 0.15) is 11.2 Å². The summed E-state index contributed by atoms with van der Waals surface area (Å²) in [6.07, 6.45) is 11.7. The van der Waals surface area contributed by atoms with E-state index in [1.54, 1.807) is 0 Å². The minimum atomic E-state index is -0.318. The monoisotopic (exact) mass is 882 g/mol. The first-order valence-corrected chi connectivity index (χ1v) is 24.1. The predicted molar refractivity (Wildman–Crippen MR) is 278 cm³/mol. The van der Waals surface area contributed by atoms with Gasteiger partial charge in [0.05, 0.1) is 10.8 Å². The van der Waals surface area contributed by atoms with Crippen molar-refractivity contribution in [3.8, 4) is 62.1 Å². The highest BCUT2D eigenvalue weighted by molar-refractivity contribution is 6.07. The minimum absolute atomic E-state index is 0.130. The highest BCUT2D eigenvalue weighted by atomic mass is 16.3. The van der Waals surface area contributed by atoms with Crippen LogP contribution in [0.5, 0.6) is 0 Å². The van der Waals surface area contributed by atoms with Crippen molar-refractivity contribution < 1.29 is 4.42 Å². The number of hydrogen-bond acceptors (Lipinski definition) is 4. The third-order valence-corrected chi connectivity index (χ3v) is 15.4. The summed E-state index contributed by atoms with van der Waals surface area (Å²) in [4.78, 5) is 16.0. The van der Waals surface area contributed by atoms with Crippen LogP contribution in [0.4, 0.5) is 0 Å². The highest BCUT2D eigenvalue weighted by Crippen LogP contribution is 2.65. The first kappa shape index (κ1) is 38.4. The third-order valence-electron chi connectivity index (χ3n) is 15.4. The smallest absolute Gasteiger partial charge is 0.238 e. The zero-order valence-electron chi connectivity index (χ0n) is 37.6. The van der Waals surface area contributed by atoms with Gasteiger partial charge in [0, 0.05) is 50.2 Å². The van der Waals surface area contributed by atoms with Gasteiger partial charge in [-0.1, -0.05) is 188 Å². The largest absolute Gasteiger partial charge is 0.456 e. The van der Waals surface area contributed by atoms with E-state index in [1.165, 1.54) is 61.0 Å². The Morgan fingerprint density at radius 2 is 1.07 bits per heavy atom. The quantitative estimate of drug-likeness (QED) is 0.173. The molecule has 0 N–H and O–H groups in total. The molecule has 69 heavy (non-hydrogen) atoms. The van der Waals surface area contributed by atoms with Crippen LogP contribution < -0.4 is 10.6 Å². The number of aromatic nitrogens is 4. The standard InChI is InChI=1S/C64H42N4O/c1-3-16-39(17-4-1)41-20-15-21-42(34-41)43-30-32-49-50-33-31-44(36-60(50)69-59(49)35-43)62-65-61(40-18-5-2-6-19-40)66-63(67-62)68-57-29-14-10-25-48(57)52-37-56-51(38-58(52)68)47-24-9-13-28-55(47)64(56)53-26-11-7-22-45(53)46-23-8-12-27-54(46)64/h1-13,15-28,30-38,51,56H,14,29H2. The van der Waals surface area contributed by atoms with Crippen LogP contribution in [0.15, 0.2) is 205 Å². The van der Waals surface area contributed by atoms with E-state index < -0.39 is 0 Å². The lowest BCUT2D eigenvalue weighted by molar-refractivity contribution is 0.499. The summed E-state index contributed by atoms with van der Waals surface area (Å²) >= 11 is 0. The molecule has 0 aliphatic heterocycles. The van der Waals surface area contributed by atoms with E-state index in [0.717, 1.165) is 62.4 Å².